The third kappa shape index (κ3) is 3.64. The number of H-pyrrole nitrogens is 1. The van der Waals surface area contributed by atoms with Gasteiger partial charge in [0.2, 0.25) is 0 Å². The van der Waals surface area contributed by atoms with Gasteiger partial charge in [-0.1, -0.05) is 41.9 Å². The maximum atomic E-state index is 12.3. The average Bonchev–Trinajstić information content (AvgIpc) is 3.07. The van der Waals surface area contributed by atoms with Crippen molar-refractivity contribution in [2.24, 2.45) is 0 Å². The second-order valence-electron chi connectivity index (χ2n) is 5.27. The Kier molecular flexibility index (Phi) is 4.93. The van der Waals surface area contributed by atoms with Crippen LogP contribution in [-0.2, 0) is 6.42 Å². The van der Waals surface area contributed by atoms with E-state index in [9.17, 15) is 4.79 Å². The molecule has 6 heteroatoms. The fourth-order valence-corrected chi connectivity index (χ4v) is 2.56. The highest BCUT2D eigenvalue weighted by atomic mass is 35.5. The molecule has 0 unspecified atom stereocenters. The van der Waals surface area contributed by atoms with Crippen LogP contribution in [0.5, 0.6) is 0 Å². The third-order valence-corrected chi connectivity index (χ3v) is 3.91. The second kappa shape index (κ2) is 7.29. The standard InChI is InChI=1S/C18H16ClN3O2/c19-15-4-2-1-3-14(15)16-11-17(22-21-16)18(24)20-13-7-5-12(6-8-13)9-10-23/h1-8,11,23H,9-10H2,(H,20,24)(H,21,22). The van der Waals surface area contributed by atoms with Gasteiger partial charge in [0.1, 0.15) is 5.69 Å². The van der Waals surface area contributed by atoms with Gasteiger partial charge < -0.3 is 10.4 Å². The summed E-state index contributed by atoms with van der Waals surface area (Å²) >= 11 is 6.15. The van der Waals surface area contributed by atoms with Crippen molar-refractivity contribution in [1.29, 1.82) is 0 Å². The highest BCUT2D eigenvalue weighted by Crippen LogP contribution is 2.26. The average molecular weight is 342 g/mol. The van der Waals surface area contributed by atoms with E-state index in [1.165, 1.54) is 0 Å². The SMILES string of the molecule is O=C(Nc1ccc(CCO)cc1)c1cc(-c2ccccc2Cl)n[nH]1. The Morgan fingerprint density at radius 3 is 2.62 bits per heavy atom. The molecule has 0 aliphatic rings. The van der Waals surface area contributed by atoms with Gasteiger partial charge in [0.15, 0.2) is 0 Å². The molecular weight excluding hydrogens is 326 g/mol. The minimum Gasteiger partial charge on any atom is -0.396 e. The van der Waals surface area contributed by atoms with Crippen LogP contribution in [0.3, 0.4) is 0 Å². The number of carbonyl (C=O) groups is 1. The summed E-state index contributed by atoms with van der Waals surface area (Å²) in [7, 11) is 0. The number of nitrogens with one attached hydrogen (secondary N) is 2. The van der Waals surface area contributed by atoms with E-state index in [-0.39, 0.29) is 12.5 Å². The zero-order valence-electron chi connectivity index (χ0n) is 12.8. The topological polar surface area (TPSA) is 78.0 Å². The largest absolute Gasteiger partial charge is 0.396 e. The van der Waals surface area contributed by atoms with Gasteiger partial charge in [-0.3, -0.25) is 9.89 Å². The molecule has 1 amide bonds. The number of carbonyl (C=O) groups excluding carboxylic acids is 1. The number of anilines is 1. The minimum atomic E-state index is -0.282. The monoisotopic (exact) mass is 341 g/mol. The van der Waals surface area contributed by atoms with E-state index in [0.29, 0.717) is 28.5 Å². The van der Waals surface area contributed by atoms with Crippen LogP contribution in [0.2, 0.25) is 5.02 Å². The summed E-state index contributed by atoms with van der Waals surface area (Å²) in [6, 6.07) is 16.3. The molecule has 1 aromatic heterocycles. The van der Waals surface area contributed by atoms with Crippen LogP contribution in [-0.4, -0.2) is 27.8 Å². The number of halogens is 1. The summed E-state index contributed by atoms with van der Waals surface area (Å²) < 4.78 is 0. The molecule has 0 spiro atoms. The van der Waals surface area contributed by atoms with Gasteiger partial charge in [-0.15, -0.1) is 0 Å². The molecule has 24 heavy (non-hydrogen) atoms. The molecule has 0 atom stereocenters. The lowest BCUT2D eigenvalue weighted by Crippen LogP contribution is -2.12. The molecule has 5 nitrogen and oxygen atoms in total. The predicted octanol–water partition coefficient (Wildman–Crippen LogP) is 3.52. The highest BCUT2D eigenvalue weighted by Gasteiger charge is 2.13. The maximum absolute atomic E-state index is 12.3. The lowest BCUT2D eigenvalue weighted by Gasteiger charge is -2.04. The molecule has 3 N–H and O–H groups in total. The zero-order chi connectivity index (χ0) is 16.9. The molecule has 0 saturated carbocycles. The number of nitrogens with zero attached hydrogens (tertiary/aromatic N) is 1. The molecule has 3 aromatic rings. The van der Waals surface area contributed by atoms with Crippen LogP contribution >= 0.6 is 11.6 Å². The Labute approximate surface area is 144 Å². The van der Waals surface area contributed by atoms with E-state index in [0.717, 1.165) is 11.1 Å². The summed E-state index contributed by atoms with van der Waals surface area (Å²) in [6.07, 6.45) is 0.593. The van der Waals surface area contributed by atoms with Crippen LogP contribution < -0.4 is 5.32 Å². The number of aliphatic hydroxyl groups is 1. The fourth-order valence-electron chi connectivity index (χ4n) is 2.33. The minimum absolute atomic E-state index is 0.102. The van der Waals surface area contributed by atoms with Gasteiger partial charge in [-0.25, -0.2) is 0 Å². The molecular formula is C18H16ClN3O2. The van der Waals surface area contributed by atoms with E-state index in [2.05, 4.69) is 15.5 Å². The van der Waals surface area contributed by atoms with E-state index in [4.69, 9.17) is 16.7 Å². The normalized spacial score (nSPS) is 10.6. The smallest absolute Gasteiger partial charge is 0.273 e. The van der Waals surface area contributed by atoms with Crippen LogP contribution in [0, 0.1) is 0 Å². The van der Waals surface area contributed by atoms with Crippen molar-refractivity contribution in [3.63, 3.8) is 0 Å². The number of aromatic amines is 1. The maximum Gasteiger partial charge on any atom is 0.273 e. The van der Waals surface area contributed by atoms with Crippen molar-refractivity contribution in [1.82, 2.24) is 10.2 Å². The van der Waals surface area contributed by atoms with Gasteiger partial charge in [0.25, 0.3) is 5.91 Å². The number of aliphatic hydroxyl groups excluding tert-OH is 1. The first-order valence-electron chi connectivity index (χ1n) is 7.49. The summed E-state index contributed by atoms with van der Waals surface area (Å²) in [5.41, 5.74) is 3.42. The molecule has 122 valence electrons. The summed E-state index contributed by atoms with van der Waals surface area (Å²) in [5.74, 6) is -0.282. The number of hydrogen-bond donors (Lipinski definition) is 3. The van der Waals surface area contributed by atoms with Crippen molar-refractivity contribution >= 4 is 23.2 Å². The van der Waals surface area contributed by atoms with E-state index in [1.54, 1.807) is 24.3 Å². The fraction of sp³-hybridized carbons (Fsp3) is 0.111. The van der Waals surface area contributed by atoms with Gasteiger partial charge in [-0.05, 0) is 36.2 Å². The molecule has 0 aliphatic heterocycles. The molecule has 0 saturated heterocycles. The number of rotatable bonds is 5. The number of hydrogen-bond acceptors (Lipinski definition) is 3. The molecule has 1 heterocycles. The van der Waals surface area contributed by atoms with Gasteiger partial charge in [0.05, 0.1) is 10.7 Å². The Balaban J connectivity index is 1.73. The molecule has 3 rings (SSSR count). The molecule has 2 aromatic carbocycles. The van der Waals surface area contributed by atoms with Crippen LogP contribution in [0.15, 0.2) is 54.6 Å². The Hall–Kier alpha value is -2.63. The molecule has 0 bridgehead atoms. The first-order valence-corrected chi connectivity index (χ1v) is 7.86. The quantitative estimate of drug-likeness (QED) is 0.664. The molecule has 0 fully saturated rings. The summed E-state index contributed by atoms with van der Waals surface area (Å²) in [4.78, 5) is 12.3. The van der Waals surface area contributed by atoms with Crippen molar-refractivity contribution in [3.05, 3.63) is 70.9 Å². The van der Waals surface area contributed by atoms with E-state index >= 15 is 0 Å². The van der Waals surface area contributed by atoms with E-state index in [1.807, 2.05) is 30.3 Å². The van der Waals surface area contributed by atoms with Crippen LogP contribution in [0.25, 0.3) is 11.3 Å². The van der Waals surface area contributed by atoms with Gasteiger partial charge >= 0.3 is 0 Å². The Morgan fingerprint density at radius 2 is 1.92 bits per heavy atom. The van der Waals surface area contributed by atoms with E-state index < -0.39 is 0 Å². The number of amides is 1. The first kappa shape index (κ1) is 16.2. The Bertz CT molecular complexity index is 843. The second-order valence-corrected chi connectivity index (χ2v) is 5.68. The first-order chi connectivity index (χ1) is 11.7. The molecule has 0 radical (unpaired) electrons. The van der Waals surface area contributed by atoms with Crippen molar-refractivity contribution in [2.45, 2.75) is 6.42 Å². The van der Waals surface area contributed by atoms with Gasteiger partial charge in [0, 0.05) is 17.9 Å². The van der Waals surface area contributed by atoms with Crippen LogP contribution in [0.4, 0.5) is 5.69 Å². The lowest BCUT2D eigenvalue weighted by atomic mass is 10.1. The summed E-state index contributed by atoms with van der Waals surface area (Å²) in [6.45, 7) is 0.102. The van der Waals surface area contributed by atoms with Crippen molar-refractivity contribution < 1.29 is 9.90 Å². The predicted molar refractivity (Wildman–Crippen MR) is 94.2 cm³/mol. The van der Waals surface area contributed by atoms with Gasteiger partial charge in [-0.2, -0.15) is 5.10 Å². The number of benzene rings is 2. The number of aromatic nitrogens is 2. The summed E-state index contributed by atoms with van der Waals surface area (Å²) in [5, 5.41) is 19.2. The Morgan fingerprint density at radius 1 is 1.17 bits per heavy atom. The van der Waals surface area contributed by atoms with Crippen molar-refractivity contribution in [3.8, 4) is 11.3 Å². The highest BCUT2D eigenvalue weighted by molar-refractivity contribution is 6.33. The third-order valence-electron chi connectivity index (χ3n) is 3.58. The van der Waals surface area contributed by atoms with Crippen molar-refractivity contribution in [2.75, 3.05) is 11.9 Å². The zero-order valence-corrected chi connectivity index (χ0v) is 13.5. The molecule has 0 aliphatic carbocycles. The lowest BCUT2D eigenvalue weighted by molar-refractivity contribution is 0.102. The van der Waals surface area contributed by atoms with Crippen LogP contribution in [0.1, 0.15) is 16.1 Å².